The largest absolute Gasteiger partial charge is 0.321 e. The Hall–Kier alpha value is -1.82. The molecule has 0 aliphatic rings. The first-order valence-electron chi connectivity index (χ1n) is 5.11. The molecule has 2 rings (SSSR count). The van der Waals surface area contributed by atoms with Crippen LogP contribution in [0.3, 0.4) is 0 Å². The minimum Gasteiger partial charge on any atom is -0.321 e. The number of hydrogen-bond acceptors (Lipinski definition) is 3. The van der Waals surface area contributed by atoms with Gasteiger partial charge in [-0.2, -0.15) is 4.39 Å². The number of carbonyl (C=O) groups is 1. The standard InChI is InChI=1S/C12H9BrFN3O/c1-7-4-9(6-16-11(7)13)17-12(18)8-2-3-10(14)15-5-8/h2-6H,1H3,(H,17,18). The minimum absolute atomic E-state index is 0.289. The molecule has 0 bridgehead atoms. The molecule has 0 atom stereocenters. The molecule has 0 fully saturated rings. The van der Waals surface area contributed by atoms with Crippen LogP contribution in [0.25, 0.3) is 0 Å². The van der Waals surface area contributed by atoms with Gasteiger partial charge in [0.1, 0.15) is 4.60 Å². The van der Waals surface area contributed by atoms with E-state index in [1.54, 1.807) is 6.07 Å². The van der Waals surface area contributed by atoms with Gasteiger partial charge in [-0.25, -0.2) is 9.97 Å². The lowest BCUT2D eigenvalue weighted by atomic mass is 10.2. The molecule has 1 amide bonds. The predicted molar refractivity (Wildman–Crippen MR) is 68.8 cm³/mol. The zero-order valence-electron chi connectivity index (χ0n) is 9.45. The van der Waals surface area contributed by atoms with Crippen LogP contribution in [0.2, 0.25) is 0 Å². The normalized spacial score (nSPS) is 10.2. The summed E-state index contributed by atoms with van der Waals surface area (Å²) in [5.74, 6) is -0.973. The summed E-state index contributed by atoms with van der Waals surface area (Å²) in [4.78, 5) is 19.3. The summed E-state index contributed by atoms with van der Waals surface area (Å²) >= 11 is 3.27. The van der Waals surface area contributed by atoms with E-state index >= 15 is 0 Å². The van der Waals surface area contributed by atoms with Crippen molar-refractivity contribution >= 4 is 27.5 Å². The Morgan fingerprint density at radius 2 is 2.11 bits per heavy atom. The fourth-order valence-corrected chi connectivity index (χ4v) is 1.56. The smallest absolute Gasteiger partial charge is 0.257 e. The number of aromatic nitrogens is 2. The highest BCUT2D eigenvalue weighted by atomic mass is 79.9. The van der Waals surface area contributed by atoms with Crippen molar-refractivity contribution in [2.24, 2.45) is 0 Å². The minimum atomic E-state index is -0.618. The maximum atomic E-state index is 12.6. The van der Waals surface area contributed by atoms with Crippen molar-refractivity contribution in [2.75, 3.05) is 5.32 Å². The van der Waals surface area contributed by atoms with Crippen LogP contribution in [-0.4, -0.2) is 15.9 Å². The summed E-state index contributed by atoms with van der Waals surface area (Å²) in [6.07, 6.45) is 2.72. The lowest BCUT2D eigenvalue weighted by molar-refractivity contribution is 0.102. The molecule has 0 saturated heterocycles. The van der Waals surface area contributed by atoms with Crippen LogP contribution in [0.4, 0.5) is 10.1 Å². The van der Waals surface area contributed by atoms with E-state index in [9.17, 15) is 9.18 Å². The van der Waals surface area contributed by atoms with Crippen molar-refractivity contribution in [2.45, 2.75) is 6.92 Å². The van der Waals surface area contributed by atoms with Gasteiger partial charge < -0.3 is 5.32 Å². The molecule has 1 N–H and O–H groups in total. The van der Waals surface area contributed by atoms with E-state index in [2.05, 4.69) is 31.2 Å². The molecule has 6 heteroatoms. The quantitative estimate of drug-likeness (QED) is 0.868. The number of rotatable bonds is 2. The number of aryl methyl sites for hydroxylation is 1. The third-order valence-corrected chi connectivity index (χ3v) is 3.09. The van der Waals surface area contributed by atoms with Gasteiger partial charge in [-0.15, -0.1) is 0 Å². The highest BCUT2D eigenvalue weighted by Gasteiger charge is 2.07. The number of hydrogen-bond donors (Lipinski definition) is 1. The number of pyridine rings is 2. The molecule has 0 aliphatic carbocycles. The molecule has 2 heterocycles. The van der Waals surface area contributed by atoms with Gasteiger partial charge in [0.15, 0.2) is 0 Å². The van der Waals surface area contributed by atoms with E-state index in [1.807, 2.05) is 6.92 Å². The first-order chi connectivity index (χ1) is 8.56. The number of carbonyl (C=O) groups excluding carboxylic acids is 1. The average Bonchev–Trinajstić information content (AvgIpc) is 2.34. The Bertz CT molecular complexity index is 586. The van der Waals surface area contributed by atoms with Crippen LogP contribution in [0.5, 0.6) is 0 Å². The molecule has 2 aromatic heterocycles. The Labute approximate surface area is 111 Å². The third kappa shape index (κ3) is 2.89. The van der Waals surface area contributed by atoms with Gasteiger partial charge in [0.2, 0.25) is 5.95 Å². The molecule has 0 spiro atoms. The summed E-state index contributed by atoms with van der Waals surface area (Å²) in [5, 5.41) is 2.66. The van der Waals surface area contributed by atoms with Crippen molar-refractivity contribution in [3.63, 3.8) is 0 Å². The average molecular weight is 310 g/mol. The van der Waals surface area contributed by atoms with Crippen LogP contribution in [0, 0.1) is 12.9 Å². The SMILES string of the molecule is Cc1cc(NC(=O)c2ccc(F)nc2)cnc1Br. The van der Waals surface area contributed by atoms with E-state index in [1.165, 1.54) is 18.5 Å². The lowest BCUT2D eigenvalue weighted by Crippen LogP contribution is -2.12. The van der Waals surface area contributed by atoms with Crippen molar-refractivity contribution in [1.82, 2.24) is 9.97 Å². The molecule has 2 aromatic rings. The monoisotopic (exact) mass is 309 g/mol. The first kappa shape index (κ1) is 12.6. The van der Waals surface area contributed by atoms with Crippen LogP contribution < -0.4 is 5.32 Å². The molecular weight excluding hydrogens is 301 g/mol. The fourth-order valence-electron chi connectivity index (χ4n) is 1.34. The molecular formula is C12H9BrFN3O. The van der Waals surface area contributed by atoms with Crippen LogP contribution in [-0.2, 0) is 0 Å². The third-order valence-electron chi connectivity index (χ3n) is 2.26. The molecule has 4 nitrogen and oxygen atoms in total. The van der Waals surface area contributed by atoms with E-state index in [0.717, 1.165) is 16.2 Å². The van der Waals surface area contributed by atoms with Crippen molar-refractivity contribution < 1.29 is 9.18 Å². The Morgan fingerprint density at radius 1 is 1.33 bits per heavy atom. The number of amides is 1. The zero-order valence-corrected chi connectivity index (χ0v) is 11.0. The fraction of sp³-hybridized carbons (Fsp3) is 0.0833. The highest BCUT2D eigenvalue weighted by molar-refractivity contribution is 9.10. The van der Waals surface area contributed by atoms with Crippen LogP contribution in [0.15, 0.2) is 35.2 Å². The number of nitrogens with zero attached hydrogens (tertiary/aromatic N) is 2. The van der Waals surface area contributed by atoms with E-state index in [0.29, 0.717) is 5.69 Å². The summed E-state index contributed by atoms with van der Waals surface area (Å²) in [6, 6.07) is 4.29. The van der Waals surface area contributed by atoms with Gasteiger partial charge in [-0.3, -0.25) is 4.79 Å². The van der Waals surface area contributed by atoms with Crippen LogP contribution in [0.1, 0.15) is 15.9 Å². The Balaban J connectivity index is 2.16. The first-order valence-corrected chi connectivity index (χ1v) is 5.90. The van der Waals surface area contributed by atoms with E-state index in [-0.39, 0.29) is 11.5 Å². The maximum Gasteiger partial charge on any atom is 0.257 e. The molecule has 0 saturated carbocycles. The lowest BCUT2D eigenvalue weighted by Gasteiger charge is -2.06. The maximum absolute atomic E-state index is 12.6. The van der Waals surface area contributed by atoms with Gasteiger partial charge >= 0.3 is 0 Å². The predicted octanol–water partition coefficient (Wildman–Crippen LogP) is 2.94. The van der Waals surface area contributed by atoms with Crippen molar-refractivity contribution in [1.29, 1.82) is 0 Å². The molecule has 0 radical (unpaired) electrons. The van der Waals surface area contributed by atoms with Crippen molar-refractivity contribution in [3.05, 3.63) is 52.3 Å². The van der Waals surface area contributed by atoms with Crippen molar-refractivity contribution in [3.8, 4) is 0 Å². The number of halogens is 2. The Morgan fingerprint density at radius 3 is 2.72 bits per heavy atom. The highest BCUT2D eigenvalue weighted by Crippen LogP contribution is 2.17. The zero-order chi connectivity index (χ0) is 13.1. The van der Waals surface area contributed by atoms with Crippen LogP contribution >= 0.6 is 15.9 Å². The summed E-state index contributed by atoms with van der Waals surface area (Å²) < 4.78 is 13.3. The Kier molecular flexibility index (Phi) is 3.66. The van der Waals surface area contributed by atoms with Gasteiger partial charge in [0.05, 0.1) is 17.4 Å². The van der Waals surface area contributed by atoms with Gasteiger partial charge in [0.25, 0.3) is 5.91 Å². The topological polar surface area (TPSA) is 54.9 Å². The number of nitrogens with one attached hydrogen (secondary N) is 1. The second-order valence-corrected chi connectivity index (χ2v) is 4.41. The van der Waals surface area contributed by atoms with Gasteiger partial charge in [0, 0.05) is 6.20 Å². The number of anilines is 1. The second-order valence-electron chi connectivity index (χ2n) is 3.66. The summed E-state index contributed by atoms with van der Waals surface area (Å²) in [6.45, 7) is 1.87. The molecule has 0 aromatic carbocycles. The summed E-state index contributed by atoms with van der Waals surface area (Å²) in [5.41, 5.74) is 1.77. The van der Waals surface area contributed by atoms with E-state index < -0.39 is 5.95 Å². The molecule has 0 aliphatic heterocycles. The van der Waals surface area contributed by atoms with Gasteiger partial charge in [-0.05, 0) is 46.6 Å². The molecule has 92 valence electrons. The molecule has 0 unspecified atom stereocenters. The molecule has 18 heavy (non-hydrogen) atoms. The van der Waals surface area contributed by atoms with E-state index in [4.69, 9.17) is 0 Å². The second kappa shape index (κ2) is 5.22. The summed E-state index contributed by atoms with van der Waals surface area (Å²) in [7, 11) is 0. The van der Waals surface area contributed by atoms with Gasteiger partial charge in [-0.1, -0.05) is 0 Å².